The van der Waals surface area contributed by atoms with Crippen molar-refractivity contribution in [2.45, 2.75) is 20.0 Å². The summed E-state index contributed by atoms with van der Waals surface area (Å²) in [6, 6.07) is 16.4. The van der Waals surface area contributed by atoms with Crippen molar-refractivity contribution in [3.05, 3.63) is 65.2 Å². The van der Waals surface area contributed by atoms with E-state index in [0.29, 0.717) is 13.1 Å². The number of benzene rings is 2. The van der Waals surface area contributed by atoms with Gasteiger partial charge in [-0.2, -0.15) is 0 Å². The molecular formula is C16H17N5. The molecule has 2 aromatic carbocycles. The summed E-state index contributed by atoms with van der Waals surface area (Å²) in [6.07, 6.45) is 0. The van der Waals surface area contributed by atoms with Crippen molar-refractivity contribution >= 4 is 0 Å². The van der Waals surface area contributed by atoms with Crippen LogP contribution in [0.3, 0.4) is 0 Å². The van der Waals surface area contributed by atoms with Crippen LogP contribution < -0.4 is 5.73 Å². The fourth-order valence-corrected chi connectivity index (χ4v) is 2.17. The second-order valence-electron chi connectivity index (χ2n) is 5.05. The molecule has 0 aliphatic carbocycles. The molecule has 1 aromatic heterocycles. The normalized spacial score (nSPS) is 10.8. The molecule has 0 unspecified atom stereocenters. The Morgan fingerprint density at radius 3 is 2.29 bits per heavy atom. The predicted octanol–water partition coefficient (Wildman–Crippen LogP) is 2.16. The van der Waals surface area contributed by atoms with Crippen LogP contribution in [-0.4, -0.2) is 20.2 Å². The van der Waals surface area contributed by atoms with Gasteiger partial charge in [0.2, 0.25) is 0 Å². The Morgan fingerprint density at radius 2 is 1.62 bits per heavy atom. The predicted molar refractivity (Wildman–Crippen MR) is 81.4 cm³/mol. The number of tetrazole rings is 1. The van der Waals surface area contributed by atoms with Gasteiger partial charge in [-0.15, -0.1) is 5.10 Å². The van der Waals surface area contributed by atoms with Gasteiger partial charge in [-0.05, 0) is 28.5 Å². The lowest BCUT2D eigenvalue weighted by Gasteiger charge is -2.06. The molecule has 0 saturated heterocycles. The second-order valence-corrected chi connectivity index (χ2v) is 5.05. The lowest BCUT2D eigenvalue weighted by molar-refractivity contribution is 0.653. The summed E-state index contributed by atoms with van der Waals surface area (Å²) in [7, 11) is 0. The lowest BCUT2D eigenvalue weighted by Crippen LogP contribution is -2.04. The van der Waals surface area contributed by atoms with E-state index in [1.807, 2.05) is 28.9 Å². The van der Waals surface area contributed by atoms with E-state index in [1.165, 1.54) is 11.1 Å². The highest BCUT2D eigenvalue weighted by Gasteiger charge is 2.09. The van der Waals surface area contributed by atoms with Gasteiger partial charge in [0, 0.05) is 12.1 Å². The molecule has 2 N–H and O–H groups in total. The van der Waals surface area contributed by atoms with Gasteiger partial charge < -0.3 is 5.73 Å². The van der Waals surface area contributed by atoms with Crippen LogP contribution in [0.25, 0.3) is 11.4 Å². The lowest BCUT2D eigenvalue weighted by atomic mass is 10.1. The smallest absolute Gasteiger partial charge is 0.182 e. The van der Waals surface area contributed by atoms with E-state index in [-0.39, 0.29) is 0 Å². The standard InChI is InChI=1S/C16H17N5/c1-12-2-4-14(5-3-12)11-21-16(18-19-20-21)15-8-6-13(10-17)7-9-15/h2-9H,10-11,17H2,1H3. The van der Waals surface area contributed by atoms with Crippen molar-refractivity contribution in [2.24, 2.45) is 5.73 Å². The summed E-state index contributed by atoms with van der Waals surface area (Å²) in [6.45, 7) is 3.26. The van der Waals surface area contributed by atoms with E-state index >= 15 is 0 Å². The van der Waals surface area contributed by atoms with E-state index in [0.717, 1.165) is 17.0 Å². The largest absolute Gasteiger partial charge is 0.326 e. The molecule has 3 aromatic rings. The summed E-state index contributed by atoms with van der Waals surface area (Å²) >= 11 is 0. The molecule has 0 saturated carbocycles. The Bertz CT molecular complexity index is 713. The van der Waals surface area contributed by atoms with E-state index in [9.17, 15) is 0 Å². The minimum absolute atomic E-state index is 0.536. The summed E-state index contributed by atoms with van der Waals surface area (Å²) in [4.78, 5) is 0. The molecule has 5 heteroatoms. The molecule has 0 bridgehead atoms. The van der Waals surface area contributed by atoms with Crippen LogP contribution in [-0.2, 0) is 13.1 Å². The number of hydrogen-bond acceptors (Lipinski definition) is 4. The summed E-state index contributed by atoms with van der Waals surface area (Å²) in [5, 5.41) is 12.0. The SMILES string of the molecule is Cc1ccc(Cn2nnnc2-c2ccc(CN)cc2)cc1. The Balaban J connectivity index is 1.87. The Hall–Kier alpha value is -2.53. The van der Waals surface area contributed by atoms with E-state index in [2.05, 4.69) is 46.7 Å². The minimum atomic E-state index is 0.536. The van der Waals surface area contributed by atoms with Crippen molar-refractivity contribution in [1.29, 1.82) is 0 Å². The highest BCUT2D eigenvalue weighted by Crippen LogP contribution is 2.17. The third kappa shape index (κ3) is 2.98. The molecule has 0 radical (unpaired) electrons. The highest BCUT2D eigenvalue weighted by molar-refractivity contribution is 5.55. The Kier molecular flexibility index (Phi) is 3.75. The monoisotopic (exact) mass is 279 g/mol. The molecule has 21 heavy (non-hydrogen) atoms. The van der Waals surface area contributed by atoms with Gasteiger partial charge in [-0.3, -0.25) is 0 Å². The molecule has 0 amide bonds. The van der Waals surface area contributed by atoms with Crippen LogP contribution in [0.15, 0.2) is 48.5 Å². The molecule has 5 nitrogen and oxygen atoms in total. The topological polar surface area (TPSA) is 69.6 Å². The fourth-order valence-electron chi connectivity index (χ4n) is 2.17. The van der Waals surface area contributed by atoms with Gasteiger partial charge in [-0.25, -0.2) is 4.68 Å². The van der Waals surface area contributed by atoms with Crippen molar-refractivity contribution in [3.63, 3.8) is 0 Å². The van der Waals surface area contributed by atoms with Gasteiger partial charge in [0.1, 0.15) is 0 Å². The third-order valence-electron chi connectivity index (χ3n) is 3.43. The fraction of sp³-hybridized carbons (Fsp3) is 0.188. The first-order valence-electron chi connectivity index (χ1n) is 6.87. The second kappa shape index (κ2) is 5.85. The zero-order chi connectivity index (χ0) is 14.7. The Morgan fingerprint density at radius 1 is 0.952 bits per heavy atom. The summed E-state index contributed by atoms with van der Waals surface area (Å²) in [5.41, 5.74) is 10.1. The average molecular weight is 279 g/mol. The first kappa shape index (κ1) is 13.5. The van der Waals surface area contributed by atoms with Crippen molar-refractivity contribution in [2.75, 3.05) is 0 Å². The number of nitrogens with zero attached hydrogens (tertiary/aromatic N) is 4. The van der Waals surface area contributed by atoms with Crippen molar-refractivity contribution in [3.8, 4) is 11.4 Å². The average Bonchev–Trinajstić information content (AvgIpc) is 2.98. The number of rotatable bonds is 4. The third-order valence-corrected chi connectivity index (χ3v) is 3.43. The highest BCUT2D eigenvalue weighted by atomic mass is 15.5. The number of aromatic nitrogens is 4. The molecule has 0 spiro atoms. The first-order chi connectivity index (χ1) is 10.3. The van der Waals surface area contributed by atoms with Crippen LogP contribution in [0, 0.1) is 6.92 Å². The van der Waals surface area contributed by atoms with Gasteiger partial charge >= 0.3 is 0 Å². The molecule has 106 valence electrons. The van der Waals surface area contributed by atoms with E-state index in [4.69, 9.17) is 5.73 Å². The van der Waals surface area contributed by atoms with Gasteiger partial charge in [0.25, 0.3) is 0 Å². The first-order valence-corrected chi connectivity index (χ1v) is 6.87. The zero-order valence-corrected chi connectivity index (χ0v) is 11.9. The van der Waals surface area contributed by atoms with Crippen molar-refractivity contribution in [1.82, 2.24) is 20.2 Å². The van der Waals surface area contributed by atoms with Gasteiger partial charge in [0.05, 0.1) is 6.54 Å². The molecule has 0 atom stereocenters. The van der Waals surface area contributed by atoms with Gasteiger partial charge in [-0.1, -0.05) is 54.1 Å². The molecule has 0 fully saturated rings. The molecule has 0 aliphatic rings. The number of aryl methyl sites for hydroxylation is 1. The maximum absolute atomic E-state index is 5.62. The van der Waals surface area contributed by atoms with Crippen LogP contribution in [0.4, 0.5) is 0 Å². The summed E-state index contributed by atoms with van der Waals surface area (Å²) < 4.78 is 1.81. The maximum atomic E-state index is 5.62. The van der Waals surface area contributed by atoms with Crippen molar-refractivity contribution < 1.29 is 0 Å². The Labute approximate surface area is 123 Å². The van der Waals surface area contributed by atoms with E-state index in [1.54, 1.807) is 0 Å². The van der Waals surface area contributed by atoms with Crippen LogP contribution >= 0.6 is 0 Å². The maximum Gasteiger partial charge on any atom is 0.182 e. The van der Waals surface area contributed by atoms with Gasteiger partial charge in [0.15, 0.2) is 5.82 Å². The quantitative estimate of drug-likeness (QED) is 0.794. The summed E-state index contributed by atoms with van der Waals surface area (Å²) in [5.74, 6) is 0.763. The molecule has 1 heterocycles. The minimum Gasteiger partial charge on any atom is -0.326 e. The van der Waals surface area contributed by atoms with E-state index < -0.39 is 0 Å². The van der Waals surface area contributed by atoms with Crippen LogP contribution in [0.1, 0.15) is 16.7 Å². The number of hydrogen-bond donors (Lipinski definition) is 1. The zero-order valence-electron chi connectivity index (χ0n) is 11.9. The van der Waals surface area contributed by atoms with Crippen LogP contribution in [0.5, 0.6) is 0 Å². The molecular weight excluding hydrogens is 262 g/mol. The number of nitrogens with two attached hydrogens (primary N) is 1. The molecule has 0 aliphatic heterocycles. The van der Waals surface area contributed by atoms with Crippen LogP contribution in [0.2, 0.25) is 0 Å². The molecule has 3 rings (SSSR count).